The fourth-order valence-corrected chi connectivity index (χ4v) is 8.78. The van der Waals surface area contributed by atoms with Crippen LogP contribution in [0.2, 0.25) is 0 Å². The number of allylic oxidation sites excluding steroid dienone is 1. The van der Waals surface area contributed by atoms with Crippen molar-refractivity contribution >= 4 is 0 Å². The molecule has 1 heteroatoms. The van der Waals surface area contributed by atoms with Gasteiger partial charge in [0.2, 0.25) is 6.04 Å². The van der Waals surface area contributed by atoms with E-state index in [4.69, 9.17) is 6.57 Å². The Hall–Kier alpha value is -0.770. The van der Waals surface area contributed by atoms with Crippen molar-refractivity contribution < 1.29 is 0 Å². The second kappa shape index (κ2) is 8.05. The number of rotatable bonds is 5. The number of fused-ring (bicyclic) bond motifs is 5. The van der Waals surface area contributed by atoms with Gasteiger partial charge in [0, 0.05) is 12.8 Å². The van der Waals surface area contributed by atoms with Crippen molar-refractivity contribution in [3.63, 3.8) is 0 Å². The lowest BCUT2D eigenvalue weighted by atomic mass is 9.47. The summed E-state index contributed by atoms with van der Waals surface area (Å²) in [4.78, 5) is 3.91. The summed E-state index contributed by atoms with van der Waals surface area (Å²) in [6.45, 7) is 20.1. The molecule has 29 heavy (non-hydrogen) atoms. The van der Waals surface area contributed by atoms with Gasteiger partial charge >= 0.3 is 0 Å². The lowest BCUT2D eigenvalue weighted by Crippen LogP contribution is -2.50. The highest BCUT2D eigenvalue weighted by atomic mass is 14.7. The molecule has 4 rings (SSSR count). The van der Waals surface area contributed by atoms with Crippen LogP contribution in [0.15, 0.2) is 11.6 Å². The average Bonchev–Trinajstić information content (AvgIpc) is 3.04. The van der Waals surface area contributed by atoms with Crippen LogP contribution in [0.25, 0.3) is 4.85 Å². The summed E-state index contributed by atoms with van der Waals surface area (Å²) in [6, 6.07) is 0.266. The minimum absolute atomic E-state index is 0.266. The van der Waals surface area contributed by atoms with Gasteiger partial charge in [0.05, 0.1) is 0 Å². The van der Waals surface area contributed by atoms with Crippen LogP contribution >= 0.6 is 0 Å². The van der Waals surface area contributed by atoms with E-state index in [0.29, 0.717) is 10.8 Å². The summed E-state index contributed by atoms with van der Waals surface area (Å²) < 4.78 is 0. The highest BCUT2D eigenvalue weighted by Gasteiger charge is 2.59. The molecular weight excluding hydrogens is 350 g/mol. The van der Waals surface area contributed by atoms with Gasteiger partial charge in [-0.3, -0.25) is 0 Å². The van der Waals surface area contributed by atoms with Gasteiger partial charge in [-0.05, 0) is 84.9 Å². The Balaban J connectivity index is 1.49. The predicted octanol–water partition coefficient (Wildman–Crippen LogP) is 8.32. The highest BCUT2D eigenvalue weighted by molar-refractivity contribution is 5.26. The quantitative estimate of drug-likeness (QED) is 0.325. The molecule has 4 aliphatic carbocycles. The van der Waals surface area contributed by atoms with Crippen LogP contribution in [0.3, 0.4) is 0 Å². The van der Waals surface area contributed by atoms with Crippen molar-refractivity contribution in [2.24, 2.45) is 46.3 Å². The second-order valence-corrected chi connectivity index (χ2v) is 12.3. The first-order chi connectivity index (χ1) is 13.8. The largest absolute Gasteiger partial charge is 0.313 e. The van der Waals surface area contributed by atoms with E-state index in [0.717, 1.165) is 48.3 Å². The van der Waals surface area contributed by atoms with E-state index >= 15 is 0 Å². The smallest absolute Gasteiger partial charge is 0.227 e. The summed E-state index contributed by atoms with van der Waals surface area (Å²) in [5.41, 5.74) is 2.67. The molecule has 0 N–H and O–H groups in total. The Morgan fingerprint density at radius 3 is 2.55 bits per heavy atom. The second-order valence-electron chi connectivity index (χ2n) is 12.3. The van der Waals surface area contributed by atoms with Gasteiger partial charge in [-0.2, -0.15) is 0 Å². The monoisotopic (exact) mass is 395 g/mol. The topological polar surface area (TPSA) is 4.36 Å². The van der Waals surface area contributed by atoms with Crippen LogP contribution in [0.5, 0.6) is 0 Å². The fourth-order valence-electron chi connectivity index (χ4n) is 8.78. The molecule has 3 saturated carbocycles. The van der Waals surface area contributed by atoms with E-state index in [1.807, 2.05) is 0 Å². The van der Waals surface area contributed by atoms with Crippen LogP contribution in [0, 0.1) is 52.9 Å². The maximum Gasteiger partial charge on any atom is 0.227 e. The first kappa shape index (κ1) is 21.5. The predicted molar refractivity (Wildman–Crippen MR) is 123 cm³/mol. The van der Waals surface area contributed by atoms with E-state index in [1.54, 1.807) is 5.57 Å². The van der Waals surface area contributed by atoms with Crippen LogP contribution in [0.1, 0.15) is 105 Å². The zero-order valence-corrected chi connectivity index (χ0v) is 19.8. The van der Waals surface area contributed by atoms with Gasteiger partial charge < -0.3 is 4.85 Å². The maximum atomic E-state index is 7.50. The molecule has 0 heterocycles. The minimum Gasteiger partial charge on any atom is -0.313 e. The summed E-state index contributed by atoms with van der Waals surface area (Å²) >= 11 is 0. The van der Waals surface area contributed by atoms with Crippen LogP contribution < -0.4 is 0 Å². The standard InChI is InChI=1S/C28H45N/c1-19(2)8-7-9-20(3)24-12-13-25-23-11-10-21-18-22(29-6)14-16-27(21,4)26(23)15-17-28(24,25)5/h10,19-20,22-26H,7-9,11-18H2,1-5H3/t20-,22-,23+,24-,25+,26+,27+,28-/m1/s1. The number of hydrogen-bond donors (Lipinski definition) is 0. The minimum atomic E-state index is 0.266. The van der Waals surface area contributed by atoms with Crippen molar-refractivity contribution in [1.82, 2.24) is 0 Å². The summed E-state index contributed by atoms with van der Waals surface area (Å²) in [7, 11) is 0. The molecule has 8 atom stereocenters. The molecule has 0 spiro atoms. The van der Waals surface area contributed by atoms with E-state index in [9.17, 15) is 0 Å². The lowest BCUT2D eigenvalue weighted by molar-refractivity contribution is -0.0503. The van der Waals surface area contributed by atoms with Crippen LogP contribution in [-0.4, -0.2) is 6.04 Å². The molecule has 0 amide bonds. The molecule has 0 bridgehead atoms. The normalized spacial score (nSPS) is 45.0. The van der Waals surface area contributed by atoms with Gasteiger partial charge in [-0.25, -0.2) is 6.57 Å². The van der Waals surface area contributed by atoms with Gasteiger partial charge in [0.1, 0.15) is 0 Å². The van der Waals surface area contributed by atoms with Gasteiger partial charge in [0.25, 0.3) is 0 Å². The average molecular weight is 396 g/mol. The Kier molecular flexibility index (Phi) is 5.96. The molecule has 0 aliphatic heterocycles. The van der Waals surface area contributed by atoms with Crippen LogP contribution in [0.4, 0.5) is 0 Å². The third-order valence-corrected chi connectivity index (χ3v) is 10.5. The summed E-state index contributed by atoms with van der Waals surface area (Å²) in [5.74, 6) is 5.47. The van der Waals surface area contributed by atoms with Crippen molar-refractivity contribution in [3.8, 4) is 0 Å². The third kappa shape index (κ3) is 3.62. The Morgan fingerprint density at radius 1 is 1.03 bits per heavy atom. The van der Waals surface area contributed by atoms with Crippen molar-refractivity contribution in [2.75, 3.05) is 0 Å². The molecule has 0 radical (unpaired) electrons. The van der Waals surface area contributed by atoms with E-state index in [1.165, 1.54) is 57.8 Å². The zero-order valence-electron chi connectivity index (χ0n) is 19.8. The lowest BCUT2D eigenvalue weighted by Gasteiger charge is -2.58. The molecule has 0 saturated heterocycles. The Labute approximate surface area is 180 Å². The first-order valence-electron chi connectivity index (χ1n) is 12.9. The first-order valence-corrected chi connectivity index (χ1v) is 12.9. The van der Waals surface area contributed by atoms with Gasteiger partial charge in [0.15, 0.2) is 0 Å². The fraction of sp³-hybridized carbons (Fsp3) is 0.893. The van der Waals surface area contributed by atoms with E-state index in [2.05, 4.69) is 45.5 Å². The number of hydrogen-bond acceptors (Lipinski definition) is 0. The molecule has 4 aliphatic rings. The van der Waals surface area contributed by atoms with Gasteiger partial charge in [-0.1, -0.05) is 65.5 Å². The van der Waals surface area contributed by atoms with Crippen LogP contribution in [-0.2, 0) is 0 Å². The summed E-state index contributed by atoms with van der Waals surface area (Å²) in [5, 5.41) is 0. The molecule has 0 unspecified atom stereocenters. The van der Waals surface area contributed by atoms with Crippen molar-refractivity contribution in [1.29, 1.82) is 0 Å². The molecule has 3 fully saturated rings. The zero-order chi connectivity index (χ0) is 20.8. The third-order valence-electron chi connectivity index (χ3n) is 10.5. The molecule has 0 aromatic carbocycles. The van der Waals surface area contributed by atoms with Gasteiger partial charge in [-0.15, -0.1) is 0 Å². The SMILES string of the molecule is [C-]#[N+][C@@H]1CC[C@@]2(C)C(=CC[C@H]3[C@@H]4CC[C@H]([C@H](C)CCCC(C)C)[C@@]4(C)CC[C@@H]32)C1. The maximum absolute atomic E-state index is 7.50. The molecule has 0 aromatic rings. The van der Waals surface area contributed by atoms with E-state index < -0.39 is 0 Å². The number of nitrogens with zero attached hydrogens (tertiary/aromatic N) is 1. The van der Waals surface area contributed by atoms with E-state index in [-0.39, 0.29) is 6.04 Å². The highest BCUT2D eigenvalue weighted by Crippen LogP contribution is 2.67. The molecule has 0 aromatic heterocycles. The molecule has 1 nitrogen and oxygen atoms in total. The molecular formula is C28H45N. The van der Waals surface area contributed by atoms with Crippen molar-refractivity contribution in [3.05, 3.63) is 23.1 Å². The molecule has 162 valence electrons. The van der Waals surface area contributed by atoms with Crippen molar-refractivity contribution in [2.45, 2.75) is 111 Å². The summed E-state index contributed by atoms with van der Waals surface area (Å²) in [6.07, 6.45) is 17.6. The Morgan fingerprint density at radius 2 is 1.83 bits per heavy atom. The Bertz CT molecular complexity index is 668.